The van der Waals surface area contributed by atoms with Gasteiger partial charge < -0.3 is 14.6 Å². The summed E-state index contributed by atoms with van der Waals surface area (Å²) in [6.45, 7) is 3.29. The van der Waals surface area contributed by atoms with Gasteiger partial charge in [-0.3, -0.25) is 4.79 Å². The summed E-state index contributed by atoms with van der Waals surface area (Å²) in [4.78, 5) is 23.2. The Hall–Kier alpha value is -3.34. The second-order valence-electron chi connectivity index (χ2n) is 6.28. The third kappa shape index (κ3) is 3.62. The van der Waals surface area contributed by atoms with Crippen molar-refractivity contribution < 1.29 is 24.2 Å². The first-order chi connectivity index (χ1) is 12.9. The highest BCUT2D eigenvalue weighted by Gasteiger charge is 2.23. The monoisotopic (exact) mass is 364 g/mol. The standard InChI is InChI=1S/C22H20O5/c1-13(15-8-10-17(11-9-15)27-14(2)23)20-18-7-5-4-6-16(18)12-19(21(20)24)22(25)26-3/h4-13,24H,1-3H3. The molecule has 5 heteroatoms. The van der Waals surface area contributed by atoms with Crippen molar-refractivity contribution >= 4 is 22.7 Å². The summed E-state index contributed by atoms with van der Waals surface area (Å²) in [5, 5.41) is 12.5. The van der Waals surface area contributed by atoms with Crippen molar-refractivity contribution in [3.05, 3.63) is 71.3 Å². The topological polar surface area (TPSA) is 72.8 Å². The van der Waals surface area contributed by atoms with Crippen LogP contribution >= 0.6 is 0 Å². The number of rotatable bonds is 4. The van der Waals surface area contributed by atoms with Crippen LogP contribution in [-0.4, -0.2) is 24.2 Å². The highest BCUT2D eigenvalue weighted by molar-refractivity contribution is 6.00. The Labute approximate surface area is 157 Å². The third-order valence-electron chi connectivity index (χ3n) is 4.54. The minimum atomic E-state index is -0.586. The van der Waals surface area contributed by atoms with Crippen molar-refractivity contribution in [1.29, 1.82) is 0 Å². The van der Waals surface area contributed by atoms with Gasteiger partial charge in [-0.15, -0.1) is 0 Å². The Bertz CT molecular complexity index is 1010. The molecule has 3 aromatic rings. The first-order valence-electron chi connectivity index (χ1n) is 8.53. The number of phenols is 1. The zero-order valence-electron chi connectivity index (χ0n) is 15.4. The van der Waals surface area contributed by atoms with E-state index in [1.165, 1.54) is 14.0 Å². The van der Waals surface area contributed by atoms with E-state index in [4.69, 9.17) is 9.47 Å². The lowest BCUT2D eigenvalue weighted by atomic mass is 9.87. The third-order valence-corrected chi connectivity index (χ3v) is 4.54. The van der Waals surface area contributed by atoms with E-state index in [0.717, 1.165) is 16.3 Å². The van der Waals surface area contributed by atoms with Crippen molar-refractivity contribution in [1.82, 2.24) is 0 Å². The van der Waals surface area contributed by atoms with Crippen molar-refractivity contribution in [3.8, 4) is 11.5 Å². The molecule has 0 aliphatic heterocycles. The zero-order valence-corrected chi connectivity index (χ0v) is 15.4. The average Bonchev–Trinajstić information content (AvgIpc) is 2.66. The van der Waals surface area contributed by atoms with E-state index in [9.17, 15) is 14.7 Å². The molecule has 0 radical (unpaired) electrons. The van der Waals surface area contributed by atoms with Crippen LogP contribution in [0.25, 0.3) is 10.8 Å². The molecule has 0 fully saturated rings. The second kappa shape index (κ2) is 7.50. The summed E-state index contributed by atoms with van der Waals surface area (Å²) < 4.78 is 9.88. The fraction of sp³-hybridized carbons (Fsp3) is 0.182. The number of aromatic hydroxyl groups is 1. The number of methoxy groups -OCH3 is 1. The molecule has 27 heavy (non-hydrogen) atoms. The molecule has 3 rings (SSSR count). The van der Waals surface area contributed by atoms with Gasteiger partial charge in [0, 0.05) is 18.4 Å². The molecule has 3 aromatic carbocycles. The van der Waals surface area contributed by atoms with Gasteiger partial charge in [0.05, 0.1) is 7.11 Å². The van der Waals surface area contributed by atoms with Gasteiger partial charge in [0.1, 0.15) is 17.1 Å². The van der Waals surface area contributed by atoms with Crippen LogP contribution in [0.1, 0.15) is 41.3 Å². The first-order valence-corrected chi connectivity index (χ1v) is 8.53. The summed E-state index contributed by atoms with van der Waals surface area (Å²) >= 11 is 0. The predicted molar refractivity (Wildman–Crippen MR) is 102 cm³/mol. The first kappa shape index (κ1) is 18.5. The van der Waals surface area contributed by atoms with Gasteiger partial charge in [-0.1, -0.05) is 43.3 Å². The van der Waals surface area contributed by atoms with Crippen LogP contribution in [0.15, 0.2) is 54.6 Å². The van der Waals surface area contributed by atoms with Gasteiger partial charge in [-0.2, -0.15) is 0 Å². The summed E-state index contributed by atoms with van der Waals surface area (Å²) in [6, 6.07) is 16.3. The van der Waals surface area contributed by atoms with Crippen LogP contribution in [0.5, 0.6) is 11.5 Å². The molecule has 5 nitrogen and oxygen atoms in total. The van der Waals surface area contributed by atoms with Crippen LogP contribution in [0.2, 0.25) is 0 Å². The molecule has 138 valence electrons. The number of ether oxygens (including phenoxy) is 2. The van der Waals surface area contributed by atoms with E-state index < -0.39 is 5.97 Å². The van der Waals surface area contributed by atoms with Crippen molar-refractivity contribution in [3.63, 3.8) is 0 Å². The van der Waals surface area contributed by atoms with Crippen LogP contribution in [-0.2, 0) is 9.53 Å². The van der Waals surface area contributed by atoms with E-state index in [2.05, 4.69) is 0 Å². The molecule has 1 atom stereocenters. The Morgan fingerprint density at radius 2 is 1.70 bits per heavy atom. The smallest absolute Gasteiger partial charge is 0.341 e. The van der Waals surface area contributed by atoms with E-state index in [1.54, 1.807) is 18.2 Å². The Balaban J connectivity index is 2.13. The second-order valence-corrected chi connectivity index (χ2v) is 6.28. The quantitative estimate of drug-likeness (QED) is 0.548. The molecule has 0 saturated heterocycles. The van der Waals surface area contributed by atoms with Crippen LogP contribution in [0, 0.1) is 0 Å². The molecular formula is C22H20O5. The number of hydrogen-bond acceptors (Lipinski definition) is 5. The zero-order chi connectivity index (χ0) is 19.6. The summed E-state index contributed by atoms with van der Waals surface area (Å²) in [5.74, 6) is -0.805. The van der Waals surface area contributed by atoms with Gasteiger partial charge >= 0.3 is 11.9 Å². The fourth-order valence-corrected chi connectivity index (χ4v) is 3.23. The molecule has 0 amide bonds. The number of fused-ring (bicyclic) bond motifs is 1. The minimum Gasteiger partial charge on any atom is -0.507 e. The van der Waals surface area contributed by atoms with E-state index in [-0.39, 0.29) is 23.2 Å². The normalized spacial score (nSPS) is 11.8. The number of phenolic OH excluding ortho intramolecular Hbond substituents is 1. The van der Waals surface area contributed by atoms with E-state index >= 15 is 0 Å². The summed E-state index contributed by atoms with van der Waals surface area (Å²) in [7, 11) is 1.29. The molecule has 0 saturated carbocycles. The maximum absolute atomic E-state index is 12.1. The van der Waals surface area contributed by atoms with E-state index in [0.29, 0.717) is 11.3 Å². The fourth-order valence-electron chi connectivity index (χ4n) is 3.23. The molecule has 0 bridgehead atoms. The van der Waals surface area contributed by atoms with Gasteiger partial charge in [0.2, 0.25) is 0 Å². The van der Waals surface area contributed by atoms with E-state index in [1.807, 2.05) is 43.3 Å². The summed E-state index contributed by atoms with van der Waals surface area (Å²) in [5.41, 5.74) is 1.69. The number of benzene rings is 3. The Morgan fingerprint density at radius 1 is 1.04 bits per heavy atom. The lowest BCUT2D eigenvalue weighted by molar-refractivity contribution is -0.131. The highest BCUT2D eigenvalue weighted by atomic mass is 16.5. The largest absolute Gasteiger partial charge is 0.507 e. The van der Waals surface area contributed by atoms with Crippen molar-refractivity contribution in [2.75, 3.05) is 7.11 Å². The number of esters is 2. The van der Waals surface area contributed by atoms with Gasteiger partial charge in [0.25, 0.3) is 0 Å². The molecule has 1 unspecified atom stereocenters. The predicted octanol–water partition coefficient (Wildman–Crippen LogP) is 4.41. The van der Waals surface area contributed by atoms with Gasteiger partial charge in [-0.05, 0) is 34.5 Å². The molecular weight excluding hydrogens is 344 g/mol. The molecule has 0 heterocycles. The molecule has 0 spiro atoms. The maximum Gasteiger partial charge on any atom is 0.341 e. The SMILES string of the molecule is COC(=O)c1cc2ccccc2c(C(C)c2ccc(OC(C)=O)cc2)c1O. The van der Waals surface area contributed by atoms with Gasteiger partial charge in [0.15, 0.2) is 0 Å². The van der Waals surface area contributed by atoms with Crippen LogP contribution in [0.3, 0.4) is 0 Å². The molecule has 0 aromatic heterocycles. The lowest BCUT2D eigenvalue weighted by Gasteiger charge is -2.19. The van der Waals surface area contributed by atoms with Crippen LogP contribution in [0.4, 0.5) is 0 Å². The lowest BCUT2D eigenvalue weighted by Crippen LogP contribution is -2.06. The number of carbonyl (C=O) groups excluding carboxylic acids is 2. The minimum absolute atomic E-state index is 0.0860. The Kier molecular flexibility index (Phi) is 5.12. The highest BCUT2D eigenvalue weighted by Crippen LogP contribution is 2.40. The summed E-state index contributed by atoms with van der Waals surface area (Å²) in [6.07, 6.45) is 0. The van der Waals surface area contributed by atoms with Crippen molar-refractivity contribution in [2.24, 2.45) is 0 Å². The van der Waals surface area contributed by atoms with Gasteiger partial charge in [-0.25, -0.2) is 4.79 Å². The molecule has 0 aliphatic rings. The maximum atomic E-state index is 12.1. The Morgan fingerprint density at radius 3 is 2.33 bits per heavy atom. The molecule has 1 N–H and O–H groups in total. The number of carbonyl (C=O) groups is 2. The van der Waals surface area contributed by atoms with Crippen LogP contribution < -0.4 is 4.74 Å². The number of hydrogen-bond donors (Lipinski definition) is 1. The average molecular weight is 364 g/mol. The van der Waals surface area contributed by atoms with Crippen molar-refractivity contribution in [2.45, 2.75) is 19.8 Å². The molecule has 0 aliphatic carbocycles.